The number of pyridine rings is 1. The minimum Gasteiger partial charge on any atom is -0.461 e. The zero-order chi connectivity index (χ0) is 26.5. The molecular weight excluding hydrogens is 480 g/mol. The highest BCUT2D eigenvalue weighted by Crippen LogP contribution is 2.68. The molecule has 1 aromatic rings. The third kappa shape index (κ3) is 4.08. The van der Waals surface area contributed by atoms with Gasteiger partial charge in [-0.15, -0.1) is 6.58 Å². The highest BCUT2D eigenvalue weighted by molar-refractivity contribution is 8.00. The molecule has 36 heavy (non-hydrogen) atoms. The van der Waals surface area contributed by atoms with Gasteiger partial charge in [-0.1, -0.05) is 45.5 Å². The first-order valence-electron chi connectivity index (χ1n) is 12.7. The number of ether oxygens (including phenoxy) is 1. The minimum absolute atomic E-state index is 0.0966. The van der Waals surface area contributed by atoms with Crippen molar-refractivity contribution in [2.45, 2.75) is 77.0 Å². The molecule has 3 saturated carbocycles. The summed E-state index contributed by atoms with van der Waals surface area (Å²) in [6, 6.07) is 2.83. The molecule has 1 unspecified atom stereocenters. The van der Waals surface area contributed by atoms with Crippen LogP contribution in [0.15, 0.2) is 36.0 Å². The van der Waals surface area contributed by atoms with E-state index in [-0.39, 0.29) is 45.4 Å². The second-order valence-electron chi connectivity index (χ2n) is 11.4. The van der Waals surface area contributed by atoms with Crippen LogP contribution in [0.3, 0.4) is 0 Å². The van der Waals surface area contributed by atoms with Gasteiger partial charge in [-0.05, 0) is 49.0 Å². The molecule has 0 aromatic carbocycles. The largest absolute Gasteiger partial charge is 0.461 e. The zero-order valence-corrected chi connectivity index (χ0v) is 22.3. The van der Waals surface area contributed by atoms with Gasteiger partial charge >= 0.3 is 11.7 Å². The Balaban J connectivity index is 1.68. The van der Waals surface area contributed by atoms with Gasteiger partial charge in [-0.2, -0.15) is 0 Å². The van der Waals surface area contributed by atoms with Gasteiger partial charge in [0.05, 0.1) is 16.8 Å². The third-order valence-corrected chi connectivity index (χ3v) is 10.8. The number of ketones is 1. The average Bonchev–Trinajstić information content (AvgIpc) is 3.21. The van der Waals surface area contributed by atoms with Crippen LogP contribution in [0.1, 0.15) is 59.8 Å². The lowest BCUT2D eigenvalue weighted by Crippen LogP contribution is -2.63. The normalized spacial score (nSPS) is 40.0. The highest BCUT2D eigenvalue weighted by atomic mass is 32.2. The van der Waals surface area contributed by atoms with Crippen molar-refractivity contribution in [3.8, 4) is 0 Å². The second-order valence-corrected chi connectivity index (χ2v) is 12.4. The van der Waals surface area contributed by atoms with Crippen LogP contribution >= 0.6 is 11.8 Å². The molecule has 4 rings (SSSR count). The first kappa shape index (κ1) is 26.8. The van der Waals surface area contributed by atoms with Gasteiger partial charge in [0.2, 0.25) is 0 Å². The molecule has 8 atom stereocenters. The molecule has 196 valence electrons. The first-order valence-corrected chi connectivity index (χ1v) is 13.7. The van der Waals surface area contributed by atoms with Crippen molar-refractivity contribution in [1.82, 2.24) is 4.98 Å². The van der Waals surface area contributed by atoms with Crippen molar-refractivity contribution in [2.24, 2.45) is 34.0 Å². The molecule has 2 bridgehead atoms. The van der Waals surface area contributed by atoms with Gasteiger partial charge in [0, 0.05) is 35.4 Å². The molecule has 9 heteroatoms. The number of carbonyl (C=O) groups is 2. The van der Waals surface area contributed by atoms with Crippen LogP contribution in [0.25, 0.3) is 0 Å². The Hall–Kier alpha value is -2.26. The van der Waals surface area contributed by atoms with Gasteiger partial charge in [0.1, 0.15) is 11.9 Å². The van der Waals surface area contributed by atoms with Crippen LogP contribution in [0.4, 0.5) is 5.69 Å². The summed E-state index contributed by atoms with van der Waals surface area (Å²) in [5, 5.41) is 23.1. The molecule has 0 saturated heterocycles. The van der Waals surface area contributed by atoms with Gasteiger partial charge < -0.3 is 9.84 Å². The maximum atomic E-state index is 13.4. The Morgan fingerprint density at radius 2 is 2.11 bits per heavy atom. The summed E-state index contributed by atoms with van der Waals surface area (Å²) < 4.78 is 6.17. The average molecular weight is 517 g/mol. The van der Waals surface area contributed by atoms with E-state index in [9.17, 15) is 24.8 Å². The zero-order valence-electron chi connectivity index (χ0n) is 21.4. The monoisotopic (exact) mass is 516 g/mol. The fourth-order valence-corrected chi connectivity index (χ4v) is 8.20. The van der Waals surface area contributed by atoms with Crippen LogP contribution in [0, 0.1) is 44.1 Å². The Morgan fingerprint density at radius 1 is 1.39 bits per heavy atom. The summed E-state index contributed by atoms with van der Waals surface area (Å²) in [5.74, 6) is -0.724. The number of Topliss-reactive ketones (excluding diaryl/α,β-unsaturated/α-hetero) is 1. The quantitative estimate of drug-likeness (QED) is 0.185. The maximum Gasteiger partial charge on any atom is 0.316 e. The lowest BCUT2D eigenvalue weighted by Gasteiger charge is -2.61. The number of aliphatic hydroxyl groups excluding tert-OH is 1. The number of hydrogen-bond donors (Lipinski definition) is 1. The van der Waals surface area contributed by atoms with Gasteiger partial charge in [-0.3, -0.25) is 19.7 Å². The Morgan fingerprint density at radius 3 is 2.78 bits per heavy atom. The molecule has 3 fully saturated rings. The molecule has 0 aliphatic heterocycles. The van der Waals surface area contributed by atoms with Crippen LogP contribution in [0.2, 0.25) is 0 Å². The van der Waals surface area contributed by atoms with E-state index in [1.54, 1.807) is 6.08 Å². The predicted molar refractivity (Wildman–Crippen MR) is 136 cm³/mol. The molecule has 8 nitrogen and oxygen atoms in total. The van der Waals surface area contributed by atoms with E-state index < -0.39 is 33.9 Å². The lowest BCUT2D eigenvalue weighted by molar-refractivity contribution is -0.388. The molecule has 1 aromatic heterocycles. The second kappa shape index (κ2) is 9.56. The molecule has 0 spiro atoms. The fourth-order valence-electron chi connectivity index (χ4n) is 7.45. The van der Waals surface area contributed by atoms with E-state index in [0.717, 1.165) is 31.0 Å². The number of hydrogen-bond acceptors (Lipinski definition) is 8. The molecule has 3 aliphatic rings. The van der Waals surface area contributed by atoms with E-state index in [4.69, 9.17) is 4.74 Å². The van der Waals surface area contributed by atoms with Crippen molar-refractivity contribution in [3.05, 3.63) is 41.1 Å². The van der Waals surface area contributed by atoms with E-state index >= 15 is 0 Å². The van der Waals surface area contributed by atoms with Crippen molar-refractivity contribution in [3.63, 3.8) is 0 Å². The Labute approximate surface area is 216 Å². The van der Waals surface area contributed by atoms with E-state index in [2.05, 4.69) is 32.3 Å². The van der Waals surface area contributed by atoms with E-state index in [0.29, 0.717) is 12.8 Å². The lowest BCUT2D eigenvalue weighted by atomic mass is 9.44. The van der Waals surface area contributed by atoms with Crippen molar-refractivity contribution in [1.29, 1.82) is 0 Å². The van der Waals surface area contributed by atoms with Gasteiger partial charge in [0.15, 0.2) is 5.03 Å². The fraction of sp³-hybridized carbons (Fsp3) is 0.667. The number of nitro groups is 1. The van der Waals surface area contributed by atoms with Crippen LogP contribution in [0.5, 0.6) is 0 Å². The molecule has 1 heterocycles. The number of aliphatic hydroxyl groups is 1. The topological polar surface area (TPSA) is 120 Å². The van der Waals surface area contributed by atoms with Crippen molar-refractivity contribution < 1.29 is 24.4 Å². The highest BCUT2D eigenvalue weighted by Gasteiger charge is 2.68. The number of esters is 1. The molecule has 0 radical (unpaired) electrons. The van der Waals surface area contributed by atoms with Crippen molar-refractivity contribution in [2.75, 3.05) is 5.75 Å². The van der Waals surface area contributed by atoms with Crippen LogP contribution in [-0.4, -0.2) is 44.7 Å². The molecular formula is C27H36N2O6S. The van der Waals surface area contributed by atoms with Gasteiger partial charge in [0.25, 0.3) is 0 Å². The number of carbonyl (C=O) groups excluding carboxylic acids is 2. The summed E-state index contributed by atoms with van der Waals surface area (Å²) in [4.78, 5) is 41.5. The number of aromatic nitrogens is 1. The summed E-state index contributed by atoms with van der Waals surface area (Å²) in [6.45, 7) is 12.3. The molecule has 0 amide bonds. The standard InChI is InChI=1S/C27H36N2O6S/c1-6-25(4)14-20(35-21(31)15-36-24-18(29(33)34)8-7-13-28-24)26(5)16(2)9-11-27(17(3)23(25)32)12-10-19(30)22(26)27/h6-8,13,16-17,20,22-23,32H,1,9-12,14-15H2,2-5H3/t16-,17+,20-,22?,23+,25-,26+,27+/m1/s1. The summed E-state index contributed by atoms with van der Waals surface area (Å²) in [7, 11) is 0. The van der Waals surface area contributed by atoms with Crippen LogP contribution in [-0.2, 0) is 14.3 Å². The summed E-state index contributed by atoms with van der Waals surface area (Å²) in [6.07, 6.45) is 5.20. The Kier molecular flexibility index (Phi) is 7.11. The minimum atomic E-state index is -0.729. The summed E-state index contributed by atoms with van der Waals surface area (Å²) >= 11 is 0.966. The molecule has 1 N–H and O–H groups in total. The number of thioether (sulfide) groups is 1. The Bertz CT molecular complexity index is 1080. The number of rotatable bonds is 6. The molecule has 3 aliphatic carbocycles. The van der Waals surface area contributed by atoms with Crippen molar-refractivity contribution >= 4 is 29.2 Å². The predicted octanol–water partition coefficient (Wildman–Crippen LogP) is 4.99. The van der Waals surface area contributed by atoms with E-state index in [1.165, 1.54) is 18.3 Å². The third-order valence-electron chi connectivity index (χ3n) is 9.85. The maximum absolute atomic E-state index is 13.4. The number of nitrogens with zero attached hydrogens (tertiary/aromatic N) is 2. The first-order chi connectivity index (χ1) is 16.9. The SMILES string of the molecule is C=C[C@]1(C)C[C@@H](OC(=O)CSc2ncccc2[N+](=O)[O-])[C@@]2(C)C3C(=O)CC[C@@]3(CC[C@H]2C)[C@@H](C)[C@@H]1O. The van der Waals surface area contributed by atoms with E-state index in [1.807, 2.05) is 6.92 Å². The van der Waals surface area contributed by atoms with Crippen LogP contribution < -0.4 is 0 Å². The summed E-state index contributed by atoms with van der Waals surface area (Å²) in [5.41, 5.74) is -1.80. The van der Waals surface area contributed by atoms with Gasteiger partial charge in [-0.25, -0.2) is 4.98 Å². The smallest absolute Gasteiger partial charge is 0.316 e.